The van der Waals surface area contributed by atoms with Crippen molar-refractivity contribution in [3.05, 3.63) is 99.5 Å². The highest BCUT2D eigenvalue weighted by molar-refractivity contribution is 5.96. The molecule has 0 bridgehead atoms. The topological polar surface area (TPSA) is 51.1 Å². The summed E-state index contributed by atoms with van der Waals surface area (Å²) in [5.74, 6) is 0.673. The van der Waals surface area contributed by atoms with E-state index in [1.165, 1.54) is 30.7 Å². The summed E-state index contributed by atoms with van der Waals surface area (Å²) in [5, 5.41) is 3.14. The molecule has 0 saturated heterocycles. The Balaban J connectivity index is 1.34. The fourth-order valence-corrected chi connectivity index (χ4v) is 5.48. The Bertz CT molecular complexity index is 1300. The van der Waals surface area contributed by atoms with Crippen LogP contribution in [0.25, 0.3) is 0 Å². The van der Waals surface area contributed by atoms with Crippen LogP contribution in [-0.4, -0.2) is 10.5 Å². The van der Waals surface area contributed by atoms with E-state index in [4.69, 9.17) is 0 Å². The molecule has 0 radical (unpaired) electrons. The summed E-state index contributed by atoms with van der Waals surface area (Å²) in [4.78, 5) is 25.8. The molecule has 1 heterocycles. The number of carbonyl (C=O) groups is 1. The lowest BCUT2D eigenvalue weighted by Gasteiger charge is -2.24. The third-order valence-electron chi connectivity index (χ3n) is 7.59. The highest BCUT2D eigenvalue weighted by Gasteiger charge is 2.34. The second-order valence-corrected chi connectivity index (χ2v) is 10.5. The van der Waals surface area contributed by atoms with E-state index >= 15 is 0 Å². The number of hydrogen-bond donors (Lipinski definition) is 1. The molecule has 2 saturated carbocycles. The summed E-state index contributed by atoms with van der Waals surface area (Å²) in [6, 6.07) is 17.5. The number of rotatable bonds is 8. The third-order valence-corrected chi connectivity index (χ3v) is 7.59. The zero-order valence-electron chi connectivity index (χ0n) is 20.6. The molecule has 2 aromatic carbocycles. The first kappa shape index (κ1) is 25.3. The van der Waals surface area contributed by atoms with E-state index in [2.05, 4.69) is 17.4 Å². The minimum Gasteiger partial charge on any atom is -0.326 e. The van der Waals surface area contributed by atoms with Gasteiger partial charge in [-0.05, 0) is 84.9 Å². The molecule has 1 N–H and O–H groups in total. The van der Waals surface area contributed by atoms with Crippen LogP contribution in [0.3, 0.4) is 0 Å². The molecule has 1 aromatic heterocycles. The Morgan fingerprint density at radius 1 is 0.946 bits per heavy atom. The molecule has 2 aliphatic carbocycles. The average molecular weight is 509 g/mol. The molecule has 0 spiro atoms. The van der Waals surface area contributed by atoms with E-state index in [9.17, 15) is 22.8 Å². The van der Waals surface area contributed by atoms with E-state index in [1.54, 1.807) is 12.1 Å². The Morgan fingerprint density at radius 2 is 1.68 bits per heavy atom. The number of halogens is 3. The van der Waals surface area contributed by atoms with Gasteiger partial charge < -0.3 is 9.88 Å². The van der Waals surface area contributed by atoms with Crippen LogP contribution in [0.2, 0.25) is 0 Å². The van der Waals surface area contributed by atoms with Gasteiger partial charge in [-0.25, -0.2) is 0 Å². The van der Waals surface area contributed by atoms with E-state index < -0.39 is 17.3 Å². The van der Waals surface area contributed by atoms with Gasteiger partial charge in [0.25, 0.3) is 5.56 Å². The number of aromatic nitrogens is 1. The summed E-state index contributed by atoms with van der Waals surface area (Å²) < 4.78 is 40.4. The normalized spacial score (nSPS) is 17.1. The maximum absolute atomic E-state index is 13.5. The summed E-state index contributed by atoms with van der Waals surface area (Å²) in [5.41, 5.74) is 1.40. The van der Waals surface area contributed by atoms with Crippen LogP contribution in [0.15, 0.2) is 71.7 Å². The number of pyridine rings is 1. The Hall–Kier alpha value is -3.35. The number of hydrogen-bond acceptors (Lipinski definition) is 2. The Kier molecular flexibility index (Phi) is 7.22. The largest absolute Gasteiger partial charge is 0.421 e. The number of amides is 1. The van der Waals surface area contributed by atoms with Crippen molar-refractivity contribution in [3.63, 3.8) is 0 Å². The second-order valence-electron chi connectivity index (χ2n) is 10.5. The second kappa shape index (κ2) is 10.6. The third kappa shape index (κ3) is 6.14. The van der Waals surface area contributed by atoms with Crippen LogP contribution >= 0.6 is 0 Å². The first-order valence-electron chi connectivity index (χ1n) is 13.0. The molecule has 1 amide bonds. The molecule has 4 nitrogen and oxygen atoms in total. The average Bonchev–Trinajstić information content (AvgIpc) is 3.51. The molecule has 1 unspecified atom stereocenters. The lowest BCUT2D eigenvalue weighted by atomic mass is 9.83. The number of benzene rings is 2. The van der Waals surface area contributed by atoms with Crippen molar-refractivity contribution < 1.29 is 18.0 Å². The van der Waals surface area contributed by atoms with Crippen molar-refractivity contribution in [2.45, 2.75) is 63.6 Å². The summed E-state index contributed by atoms with van der Waals surface area (Å²) in [6.07, 6.45) is 4.44. The molecule has 3 aromatic rings. The lowest BCUT2D eigenvalue weighted by Crippen LogP contribution is -2.28. The Morgan fingerprint density at radius 3 is 2.35 bits per heavy atom. The van der Waals surface area contributed by atoms with Gasteiger partial charge in [0.15, 0.2) is 0 Å². The molecular formula is C30H31F3N2O2. The van der Waals surface area contributed by atoms with Crippen LogP contribution in [0, 0.1) is 11.8 Å². The van der Waals surface area contributed by atoms with Crippen molar-refractivity contribution in [2.75, 3.05) is 5.32 Å². The van der Waals surface area contributed by atoms with Gasteiger partial charge in [0, 0.05) is 11.9 Å². The molecule has 2 aliphatic rings. The van der Waals surface area contributed by atoms with Crippen LogP contribution in [-0.2, 0) is 23.9 Å². The number of alkyl halides is 3. The van der Waals surface area contributed by atoms with Crippen LogP contribution < -0.4 is 10.9 Å². The van der Waals surface area contributed by atoms with Gasteiger partial charge in [-0.2, -0.15) is 13.2 Å². The number of anilines is 1. The Labute approximate surface area is 214 Å². The van der Waals surface area contributed by atoms with Crippen LogP contribution in [0.4, 0.5) is 18.9 Å². The summed E-state index contributed by atoms with van der Waals surface area (Å²) in [6.45, 7) is 0.0249. The monoisotopic (exact) mass is 508 g/mol. The molecular weight excluding hydrogens is 477 g/mol. The summed E-state index contributed by atoms with van der Waals surface area (Å²) in [7, 11) is 0. The molecule has 5 rings (SSSR count). The standard InChI is InChI=1S/C30H31F3N2O2/c31-30(32,33)26-9-4-16-35(29(26)37)19-21-12-14-24(15-13-21)27(23-6-1-2-7-23)28(36)34-25-8-3-5-22(18-25)17-20-10-11-20/h3-5,8-9,12-16,18,20,23,27H,1-2,6-7,10-11,17,19H2,(H,34,36). The predicted octanol–water partition coefficient (Wildman–Crippen LogP) is 6.78. The number of nitrogens with one attached hydrogen (secondary N) is 1. The van der Waals surface area contributed by atoms with Gasteiger partial charge in [-0.15, -0.1) is 0 Å². The van der Waals surface area contributed by atoms with Gasteiger partial charge in [-0.1, -0.05) is 49.2 Å². The minimum absolute atomic E-state index is 0.0249. The maximum Gasteiger partial charge on any atom is 0.421 e. The van der Waals surface area contributed by atoms with E-state index in [1.807, 2.05) is 24.3 Å². The van der Waals surface area contributed by atoms with Crippen LogP contribution in [0.5, 0.6) is 0 Å². The van der Waals surface area contributed by atoms with Crippen molar-refractivity contribution in [1.29, 1.82) is 0 Å². The molecule has 0 aliphatic heterocycles. The lowest BCUT2D eigenvalue weighted by molar-refractivity contribution is -0.139. The zero-order chi connectivity index (χ0) is 26.0. The van der Waals surface area contributed by atoms with Gasteiger partial charge in [0.2, 0.25) is 5.91 Å². The van der Waals surface area contributed by atoms with Gasteiger partial charge in [0.05, 0.1) is 12.5 Å². The van der Waals surface area contributed by atoms with E-state index in [-0.39, 0.29) is 24.3 Å². The quantitative estimate of drug-likeness (QED) is 0.365. The summed E-state index contributed by atoms with van der Waals surface area (Å²) >= 11 is 0. The first-order valence-corrected chi connectivity index (χ1v) is 13.0. The van der Waals surface area contributed by atoms with Crippen molar-refractivity contribution in [2.24, 2.45) is 11.8 Å². The highest BCUT2D eigenvalue weighted by Crippen LogP contribution is 2.38. The first-order chi connectivity index (χ1) is 17.8. The SMILES string of the molecule is O=C(Nc1cccc(CC2CC2)c1)C(c1ccc(Cn2cccc(C(F)(F)F)c2=O)cc1)C1CCCC1. The molecule has 2 fully saturated rings. The van der Waals surface area contributed by atoms with Gasteiger partial charge in [-0.3, -0.25) is 9.59 Å². The van der Waals surface area contributed by atoms with Crippen molar-refractivity contribution in [3.8, 4) is 0 Å². The van der Waals surface area contributed by atoms with Crippen LogP contribution in [0.1, 0.15) is 66.7 Å². The van der Waals surface area contributed by atoms with Crippen molar-refractivity contribution in [1.82, 2.24) is 4.57 Å². The van der Waals surface area contributed by atoms with Crippen molar-refractivity contribution >= 4 is 11.6 Å². The maximum atomic E-state index is 13.5. The van der Waals surface area contributed by atoms with E-state index in [0.717, 1.165) is 59.9 Å². The molecule has 37 heavy (non-hydrogen) atoms. The molecule has 194 valence electrons. The fourth-order valence-electron chi connectivity index (χ4n) is 5.48. The van der Waals surface area contributed by atoms with E-state index in [0.29, 0.717) is 5.56 Å². The van der Waals surface area contributed by atoms with Gasteiger partial charge >= 0.3 is 6.18 Å². The minimum atomic E-state index is -4.69. The molecule has 1 atom stereocenters. The highest BCUT2D eigenvalue weighted by atomic mass is 19.4. The molecule has 7 heteroatoms. The zero-order valence-corrected chi connectivity index (χ0v) is 20.6. The number of nitrogens with zero attached hydrogens (tertiary/aromatic N) is 1. The number of carbonyl (C=O) groups excluding carboxylic acids is 1. The predicted molar refractivity (Wildman–Crippen MR) is 137 cm³/mol. The smallest absolute Gasteiger partial charge is 0.326 e. The fraction of sp³-hybridized carbons (Fsp3) is 0.400. The van der Waals surface area contributed by atoms with Gasteiger partial charge in [0.1, 0.15) is 5.56 Å².